The van der Waals surface area contributed by atoms with Crippen LogP contribution in [-0.2, 0) is 0 Å². The Bertz CT molecular complexity index is 4060. The van der Waals surface area contributed by atoms with Gasteiger partial charge in [-0.05, 0) is 153 Å². The van der Waals surface area contributed by atoms with Crippen LogP contribution in [0.1, 0.15) is 0 Å². The van der Waals surface area contributed by atoms with E-state index in [1.807, 2.05) is 103 Å². The number of fused-ring (bicyclic) bond motifs is 10. The monoisotopic (exact) mass is 1210 g/mol. The van der Waals surface area contributed by atoms with E-state index in [2.05, 4.69) is 167 Å². The maximum atomic E-state index is 10.5. The third-order valence-corrected chi connectivity index (χ3v) is 15.2. The molecule has 0 bridgehead atoms. The van der Waals surface area contributed by atoms with Crippen molar-refractivity contribution in [3.05, 3.63) is 229 Å². The number of benzene rings is 12. The minimum atomic E-state index is -1.42. The predicted molar refractivity (Wildman–Crippen MR) is 312 cm³/mol. The van der Waals surface area contributed by atoms with Gasteiger partial charge < -0.3 is 24.7 Å². The maximum absolute atomic E-state index is 10.5. The number of phenols is 2. The van der Waals surface area contributed by atoms with Crippen molar-refractivity contribution in [3.8, 4) is 22.6 Å². The molecule has 0 radical (unpaired) electrons. The Morgan fingerprint density at radius 3 is 1.40 bits per heavy atom. The fraction of sp³-hybridized carbons (Fsp3) is 0. The number of furan rings is 1. The molecule has 340 valence electrons. The summed E-state index contributed by atoms with van der Waals surface area (Å²) in [6.45, 7) is 0. The molecule has 70 heavy (non-hydrogen) atoms. The van der Waals surface area contributed by atoms with Crippen molar-refractivity contribution in [2.45, 2.75) is 0 Å². The van der Waals surface area contributed by atoms with Crippen molar-refractivity contribution < 1.29 is 24.7 Å². The first-order valence-corrected chi connectivity index (χ1v) is 25.7. The summed E-state index contributed by atoms with van der Waals surface area (Å²) < 4.78 is 10.1. The van der Waals surface area contributed by atoms with Crippen LogP contribution in [-0.4, -0.2) is 27.4 Å². The smallest absolute Gasteiger partial charge is 0.489 e. The number of hydrogen-bond donors (Lipinski definition) is 4. The Morgan fingerprint density at radius 1 is 0.357 bits per heavy atom. The van der Waals surface area contributed by atoms with Gasteiger partial charge in [-0.1, -0.05) is 206 Å². The Balaban J connectivity index is 0.000000112. The van der Waals surface area contributed by atoms with Gasteiger partial charge in [0.05, 0.1) is 3.57 Å². The van der Waals surface area contributed by atoms with E-state index < -0.39 is 7.12 Å². The first-order valence-electron chi connectivity index (χ1n) is 22.2. The van der Waals surface area contributed by atoms with Crippen LogP contribution in [0.15, 0.2) is 230 Å². The summed E-state index contributed by atoms with van der Waals surface area (Å²) in [6, 6.07) is 70.4. The molecule has 13 rings (SSSR count). The van der Waals surface area contributed by atoms with E-state index in [4.69, 9.17) is 14.5 Å². The lowest BCUT2D eigenvalue weighted by atomic mass is 9.77. The first-order chi connectivity index (χ1) is 34.0. The van der Waals surface area contributed by atoms with E-state index in [1.54, 1.807) is 12.1 Å². The zero-order valence-corrected chi connectivity index (χ0v) is 43.9. The van der Waals surface area contributed by atoms with Gasteiger partial charge in [0.1, 0.15) is 22.7 Å². The second-order valence-electron chi connectivity index (χ2n) is 16.6. The van der Waals surface area contributed by atoms with E-state index in [9.17, 15) is 10.2 Å². The molecule has 5 nitrogen and oxygen atoms in total. The van der Waals surface area contributed by atoms with Gasteiger partial charge >= 0.3 is 7.12 Å². The molecule has 12 aromatic carbocycles. The van der Waals surface area contributed by atoms with Gasteiger partial charge in [-0.25, -0.2) is 0 Å². The van der Waals surface area contributed by atoms with Crippen LogP contribution in [0.4, 0.5) is 0 Å². The summed E-state index contributed by atoms with van der Waals surface area (Å²) in [5, 5.41) is 54.0. The lowest BCUT2D eigenvalue weighted by Crippen LogP contribution is -2.30. The van der Waals surface area contributed by atoms with Gasteiger partial charge in [-0.3, -0.25) is 0 Å². The van der Waals surface area contributed by atoms with E-state index in [1.165, 1.54) is 37.7 Å². The molecule has 0 amide bonds. The molecule has 1 aromatic heterocycles. The van der Waals surface area contributed by atoms with Crippen molar-refractivity contribution in [1.29, 1.82) is 0 Å². The highest BCUT2D eigenvalue weighted by Crippen LogP contribution is 2.41. The largest absolute Gasteiger partial charge is 0.507 e. The normalized spacial score (nSPS) is 11.1. The average Bonchev–Trinajstić information content (AvgIpc) is 3.73. The van der Waals surface area contributed by atoms with Crippen LogP contribution in [0.3, 0.4) is 0 Å². The van der Waals surface area contributed by atoms with Gasteiger partial charge in [-0.15, -0.1) is 0 Å². The molecule has 0 aliphatic heterocycles. The van der Waals surface area contributed by atoms with Gasteiger partial charge in [0.2, 0.25) is 0 Å². The highest BCUT2D eigenvalue weighted by atomic mass is 127. The minimum absolute atomic E-state index is 0.311. The van der Waals surface area contributed by atoms with E-state index >= 15 is 0 Å². The molecule has 10 heteroatoms. The zero-order valence-electron chi connectivity index (χ0n) is 37.0. The molecule has 0 saturated heterocycles. The minimum Gasteiger partial charge on any atom is -0.507 e. The van der Waals surface area contributed by atoms with Crippen LogP contribution >= 0.6 is 70.4 Å². The molecular formula is C60H39BBr3IO5. The highest BCUT2D eigenvalue weighted by molar-refractivity contribution is 14.1. The lowest BCUT2D eigenvalue weighted by Gasteiger charge is -2.11. The molecular weight excluding hydrogens is 1180 g/mol. The standard InChI is InChI=1S/C20H11BrO.C20H13BrO.C10H8BBrO2.C10H7IO/c21-17-11-19-20(15-8-4-3-7-14(15)17)16-9-12-5-1-2-6-13(12)10-18(16)22-19;21-19-10-9-16(15-7-3-4-8-17(15)19)18-11-13-5-1-2-6-14(13)12-20(18)22;12-10-6-5-9(11(13)14)7-3-1-2-4-8(7)10;11-9-5-7-3-1-2-4-8(7)6-10(9)12/h1-11H;1-12,22H;1-6,13-14H;1-6,12H. The molecule has 0 spiro atoms. The lowest BCUT2D eigenvalue weighted by molar-refractivity contribution is 0.426. The predicted octanol–water partition coefficient (Wildman–Crippen LogP) is 17.2. The van der Waals surface area contributed by atoms with Crippen molar-refractivity contribution >= 4 is 170 Å². The topological polar surface area (TPSA) is 94.1 Å². The van der Waals surface area contributed by atoms with Crippen molar-refractivity contribution in [2.24, 2.45) is 0 Å². The maximum Gasteiger partial charge on any atom is 0.489 e. The summed E-state index contributed by atoms with van der Waals surface area (Å²) in [7, 11) is -1.42. The Hall–Kier alpha value is -6.25. The van der Waals surface area contributed by atoms with Crippen LogP contribution < -0.4 is 5.46 Å². The van der Waals surface area contributed by atoms with Crippen LogP contribution in [0, 0.1) is 3.57 Å². The number of halogens is 4. The van der Waals surface area contributed by atoms with Crippen LogP contribution in [0.2, 0.25) is 0 Å². The molecule has 0 saturated carbocycles. The van der Waals surface area contributed by atoms with Crippen molar-refractivity contribution in [2.75, 3.05) is 0 Å². The quantitative estimate of drug-likeness (QED) is 0.102. The Labute approximate surface area is 442 Å². The summed E-state index contributed by atoms with van der Waals surface area (Å²) >= 11 is 12.8. The third-order valence-electron chi connectivity index (χ3n) is 12.3. The second-order valence-corrected chi connectivity index (χ2v) is 20.4. The molecule has 0 atom stereocenters. The van der Waals surface area contributed by atoms with Crippen molar-refractivity contribution in [1.82, 2.24) is 0 Å². The van der Waals surface area contributed by atoms with Gasteiger partial charge in [-0.2, -0.15) is 0 Å². The third kappa shape index (κ3) is 9.64. The van der Waals surface area contributed by atoms with Crippen LogP contribution in [0.25, 0.3) is 97.7 Å². The van der Waals surface area contributed by atoms with Gasteiger partial charge in [0.15, 0.2) is 0 Å². The molecule has 0 unspecified atom stereocenters. The summed E-state index contributed by atoms with van der Waals surface area (Å²) in [5.74, 6) is 0.667. The summed E-state index contributed by atoms with van der Waals surface area (Å²) in [4.78, 5) is 0. The van der Waals surface area contributed by atoms with Crippen LogP contribution in [0.5, 0.6) is 11.5 Å². The molecule has 1 heterocycles. The number of hydrogen-bond acceptors (Lipinski definition) is 5. The summed E-state index contributed by atoms with van der Waals surface area (Å²) in [5.41, 5.74) is 4.31. The second kappa shape index (κ2) is 20.6. The highest BCUT2D eigenvalue weighted by Gasteiger charge is 2.16. The molecule has 0 fully saturated rings. The average molecular weight is 1220 g/mol. The van der Waals surface area contributed by atoms with Crippen molar-refractivity contribution in [3.63, 3.8) is 0 Å². The zero-order chi connectivity index (χ0) is 48.5. The van der Waals surface area contributed by atoms with Gasteiger partial charge in [0.25, 0.3) is 0 Å². The molecule has 4 N–H and O–H groups in total. The van der Waals surface area contributed by atoms with E-state index in [-0.39, 0.29) is 0 Å². The van der Waals surface area contributed by atoms with E-state index in [0.717, 1.165) is 77.0 Å². The van der Waals surface area contributed by atoms with E-state index in [0.29, 0.717) is 17.0 Å². The SMILES string of the molecule is Brc1cc2oc3cc4ccccc4cc3c2c2ccccc12.OB(O)c1ccc(Br)c2ccccc12.Oc1cc2ccccc2cc1-c1ccc(Br)c2ccccc12.Oc1cc2ccccc2cc1I. The Morgan fingerprint density at radius 2 is 0.800 bits per heavy atom. The van der Waals surface area contributed by atoms with Gasteiger partial charge in [0, 0.05) is 29.8 Å². The number of aromatic hydroxyl groups is 2. The summed E-state index contributed by atoms with van der Waals surface area (Å²) in [6.07, 6.45) is 0. The molecule has 0 aliphatic carbocycles. The molecule has 0 aliphatic rings. The fourth-order valence-electron chi connectivity index (χ4n) is 8.94. The Kier molecular flexibility index (Phi) is 14.0. The fourth-order valence-corrected chi connectivity index (χ4v) is 10.9. The molecule has 13 aromatic rings. The number of phenolic OH excluding ortho intramolecular Hbond substituents is 2. The number of rotatable bonds is 2. The first kappa shape index (κ1) is 47.4.